The summed E-state index contributed by atoms with van der Waals surface area (Å²) in [5.41, 5.74) is -0.169. The van der Waals surface area contributed by atoms with Crippen LogP contribution in [0.3, 0.4) is 0 Å². The average Bonchev–Trinajstić information content (AvgIpc) is 3.60. The molecule has 1 atom stereocenters. The van der Waals surface area contributed by atoms with Gasteiger partial charge in [-0.15, -0.1) is 4.91 Å². The molecule has 35 heavy (non-hydrogen) atoms. The lowest BCUT2D eigenvalue weighted by molar-refractivity contribution is -0.137. The molecule has 1 aromatic heterocycles. The number of hydrogen-bond donors (Lipinski definition) is 0. The molecule has 4 rings (SSSR count). The van der Waals surface area contributed by atoms with E-state index in [1.807, 2.05) is 13.8 Å². The fourth-order valence-electron chi connectivity index (χ4n) is 4.64. The van der Waals surface area contributed by atoms with Gasteiger partial charge in [-0.1, -0.05) is 25.4 Å². The van der Waals surface area contributed by atoms with Gasteiger partial charge in [-0.2, -0.15) is 13.2 Å². The Morgan fingerprint density at radius 1 is 1.26 bits per heavy atom. The number of hydrogen-bond acceptors (Lipinski definition) is 5. The lowest BCUT2D eigenvalue weighted by atomic mass is 9.80. The first-order chi connectivity index (χ1) is 16.4. The number of amides is 1. The van der Waals surface area contributed by atoms with Crippen LogP contribution in [0.15, 0.2) is 29.6 Å². The number of benzene rings is 1. The third-order valence-corrected chi connectivity index (χ3v) is 6.86. The van der Waals surface area contributed by atoms with E-state index in [1.165, 1.54) is 12.1 Å². The average molecular weight is 514 g/mol. The van der Waals surface area contributed by atoms with E-state index < -0.39 is 40.0 Å². The number of ether oxygens (including phenoxy) is 1. The van der Waals surface area contributed by atoms with Gasteiger partial charge in [0.15, 0.2) is 0 Å². The van der Waals surface area contributed by atoms with Crippen molar-refractivity contribution in [3.8, 4) is 5.88 Å². The van der Waals surface area contributed by atoms with Crippen LogP contribution in [0, 0.1) is 16.1 Å². The second-order valence-electron chi connectivity index (χ2n) is 9.80. The molecule has 6 nitrogen and oxygen atoms in total. The number of pyridine rings is 1. The molecule has 188 valence electrons. The van der Waals surface area contributed by atoms with Gasteiger partial charge in [0.25, 0.3) is 0 Å². The second-order valence-corrected chi connectivity index (χ2v) is 10.2. The lowest BCUT2D eigenvalue weighted by Crippen LogP contribution is -2.50. The van der Waals surface area contributed by atoms with E-state index in [1.54, 1.807) is 0 Å². The van der Waals surface area contributed by atoms with E-state index >= 15 is 0 Å². The fourth-order valence-corrected chi connectivity index (χ4v) is 4.86. The standard InChI is InChI=1S/C24H24ClF4N3O3/c1-23(2)12-32(6-5-20(23)35-21-9-17(24(27,28)29)18(25)10-30-21)11-14-7-19(26)16(22(33)31-34)8-15(14)13-3-4-13/h7-10,13,20H,3-6,11-12H2,1-2H3. The molecule has 1 amide bonds. The highest BCUT2D eigenvalue weighted by Crippen LogP contribution is 2.43. The molecule has 1 saturated carbocycles. The van der Waals surface area contributed by atoms with Crippen molar-refractivity contribution in [1.29, 1.82) is 0 Å². The predicted molar refractivity (Wildman–Crippen MR) is 121 cm³/mol. The van der Waals surface area contributed by atoms with Crippen LogP contribution in [0.2, 0.25) is 5.02 Å². The van der Waals surface area contributed by atoms with Gasteiger partial charge in [0, 0.05) is 36.3 Å². The number of carbonyl (C=O) groups excluding carboxylic acids is 1. The van der Waals surface area contributed by atoms with E-state index in [0.29, 0.717) is 26.1 Å². The molecular formula is C24H24ClF4N3O3. The Kier molecular flexibility index (Phi) is 6.89. The van der Waals surface area contributed by atoms with E-state index in [0.717, 1.165) is 36.2 Å². The Labute approximate surface area is 204 Å². The van der Waals surface area contributed by atoms with Crippen molar-refractivity contribution in [3.05, 3.63) is 62.4 Å². The summed E-state index contributed by atoms with van der Waals surface area (Å²) in [6.45, 7) is 5.43. The first kappa shape index (κ1) is 25.5. The molecule has 11 heteroatoms. The number of halogens is 5. The van der Waals surface area contributed by atoms with Crippen LogP contribution in [-0.4, -0.2) is 35.0 Å². The van der Waals surface area contributed by atoms with Gasteiger partial charge in [0.2, 0.25) is 5.88 Å². The van der Waals surface area contributed by atoms with Gasteiger partial charge in [-0.25, -0.2) is 9.37 Å². The maximum absolute atomic E-state index is 14.6. The zero-order chi connectivity index (χ0) is 25.5. The van der Waals surface area contributed by atoms with Gasteiger partial charge in [0.05, 0.1) is 22.3 Å². The largest absolute Gasteiger partial charge is 0.474 e. The summed E-state index contributed by atoms with van der Waals surface area (Å²) >= 11 is 5.65. The molecule has 1 aliphatic carbocycles. The zero-order valence-corrected chi connectivity index (χ0v) is 19.9. The fraction of sp³-hybridized carbons (Fsp3) is 0.500. The molecule has 0 N–H and O–H groups in total. The minimum atomic E-state index is -4.62. The summed E-state index contributed by atoms with van der Waals surface area (Å²) in [6, 6.07) is 3.56. The molecule has 0 radical (unpaired) electrons. The lowest BCUT2D eigenvalue weighted by Gasteiger charge is -2.44. The number of nitrogens with zero attached hydrogens (tertiary/aromatic N) is 3. The van der Waals surface area contributed by atoms with E-state index in [9.17, 15) is 27.3 Å². The first-order valence-electron chi connectivity index (χ1n) is 11.2. The van der Waals surface area contributed by atoms with Gasteiger partial charge >= 0.3 is 12.1 Å². The molecule has 2 aromatic rings. The van der Waals surface area contributed by atoms with Crippen LogP contribution in [0.25, 0.3) is 0 Å². The number of likely N-dealkylation sites (tertiary alicyclic amines) is 1. The van der Waals surface area contributed by atoms with Gasteiger partial charge in [-0.3, -0.25) is 9.69 Å². The smallest absolute Gasteiger partial charge is 0.418 e. The molecular weight excluding hydrogens is 490 g/mol. The van der Waals surface area contributed by atoms with E-state index in [2.05, 4.69) is 15.1 Å². The maximum Gasteiger partial charge on any atom is 0.418 e. The van der Waals surface area contributed by atoms with Crippen LogP contribution >= 0.6 is 11.6 Å². The minimum absolute atomic E-state index is 0.143. The Hall–Kier alpha value is -2.59. The summed E-state index contributed by atoms with van der Waals surface area (Å²) in [7, 11) is 0. The van der Waals surface area contributed by atoms with Crippen molar-refractivity contribution in [1.82, 2.24) is 9.88 Å². The van der Waals surface area contributed by atoms with Crippen molar-refractivity contribution in [2.24, 2.45) is 10.6 Å². The van der Waals surface area contributed by atoms with Gasteiger partial charge in [-0.05, 0) is 48.4 Å². The SMILES string of the molecule is CC1(C)CN(Cc2cc(F)c(C(=O)N=O)cc2C2CC2)CCC1Oc1cc(C(F)(F)F)c(Cl)cn1. The van der Waals surface area contributed by atoms with Crippen molar-refractivity contribution >= 4 is 17.5 Å². The zero-order valence-electron chi connectivity index (χ0n) is 19.2. The van der Waals surface area contributed by atoms with E-state index in [-0.39, 0.29) is 17.4 Å². The Bertz CT molecular complexity index is 1150. The molecule has 1 aromatic carbocycles. The molecule has 2 fully saturated rings. The third kappa shape index (κ3) is 5.64. The molecule has 1 aliphatic heterocycles. The van der Waals surface area contributed by atoms with Crippen LogP contribution in [0.5, 0.6) is 5.88 Å². The number of rotatable bonds is 6. The van der Waals surface area contributed by atoms with Crippen molar-refractivity contribution in [2.45, 2.75) is 57.9 Å². The Morgan fingerprint density at radius 2 is 1.97 bits per heavy atom. The summed E-state index contributed by atoms with van der Waals surface area (Å²) in [6.07, 6.45) is -1.71. The monoisotopic (exact) mass is 513 g/mol. The van der Waals surface area contributed by atoms with Crippen molar-refractivity contribution < 1.29 is 27.1 Å². The molecule has 0 bridgehead atoms. The number of alkyl halides is 3. The van der Waals surface area contributed by atoms with Gasteiger partial charge < -0.3 is 4.74 Å². The summed E-state index contributed by atoms with van der Waals surface area (Å²) < 4.78 is 60.0. The van der Waals surface area contributed by atoms with Crippen LogP contribution in [0.4, 0.5) is 17.6 Å². The molecule has 1 saturated heterocycles. The van der Waals surface area contributed by atoms with Crippen LogP contribution in [-0.2, 0) is 12.7 Å². The molecule has 1 unspecified atom stereocenters. The molecule has 2 aliphatic rings. The van der Waals surface area contributed by atoms with Crippen LogP contribution in [0.1, 0.15) is 66.1 Å². The Morgan fingerprint density at radius 3 is 2.57 bits per heavy atom. The first-order valence-corrected chi connectivity index (χ1v) is 11.6. The summed E-state index contributed by atoms with van der Waals surface area (Å²) in [5, 5.41) is 1.85. The highest BCUT2D eigenvalue weighted by Gasteiger charge is 2.39. The topological polar surface area (TPSA) is 71.9 Å². The third-order valence-electron chi connectivity index (χ3n) is 6.56. The maximum atomic E-state index is 14.6. The highest BCUT2D eigenvalue weighted by molar-refractivity contribution is 6.31. The summed E-state index contributed by atoms with van der Waals surface area (Å²) in [4.78, 5) is 28.3. The normalized spacial score (nSPS) is 20.5. The van der Waals surface area contributed by atoms with E-state index in [4.69, 9.17) is 16.3 Å². The minimum Gasteiger partial charge on any atom is -0.474 e. The highest BCUT2D eigenvalue weighted by atomic mass is 35.5. The quantitative estimate of drug-likeness (QED) is 0.332. The Balaban J connectivity index is 1.49. The second kappa shape index (κ2) is 9.46. The van der Waals surface area contributed by atoms with Crippen molar-refractivity contribution in [3.63, 3.8) is 0 Å². The molecule has 2 heterocycles. The van der Waals surface area contributed by atoms with Crippen LogP contribution < -0.4 is 4.74 Å². The van der Waals surface area contributed by atoms with Crippen molar-refractivity contribution in [2.75, 3.05) is 13.1 Å². The predicted octanol–water partition coefficient (Wildman–Crippen LogP) is 6.36. The number of aromatic nitrogens is 1. The summed E-state index contributed by atoms with van der Waals surface area (Å²) in [5.74, 6) is -1.83. The number of carbonyl (C=O) groups is 1. The molecule has 0 spiro atoms. The number of piperidine rings is 1. The van der Waals surface area contributed by atoms with Gasteiger partial charge in [0.1, 0.15) is 11.9 Å². The number of nitroso groups, excluding NO2 is 1.